The van der Waals surface area contributed by atoms with E-state index in [1.54, 1.807) is 0 Å². The summed E-state index contributed by atoms with van der Waals surface area (Å²) in [5.41, 5.74) is 0. The molecule has 0 amide bonds. The van der Waals surface area contributed by atoms with Gasteiger partial charge in [0.2, 0.25) is 0 Å². The molecule has 17 nitrogen and oxygen atoms in total. The van der Waals surface area contributed by atoms with Crippen molar-refractivity contribution in [1.82, 2.24) is 0 Å². The van der Waals surface area contributed by atoms with Crippen molar-refractivity contribution in [3.8, 4) is 0 Å². The van der Waals surface area contributed by atoms with Crippen molar-refractivity contribution in [2.45, 2.75) is 361 Å². The van der Waals surface area contributed by atoms with E-state index in [0.29, 0.717) is 25.7 Å². The van der Waals surface area contributed by atoms with Crippen molar-refractivity contribution in [2.75, 3.05) is 39.6 Å². The second-order valence-electron chi connectivity index (χ2n) is 24.5. The van der Waals surface area contributed by atoms with Crippen molar-refractivity contribution in [3.05, 3.63) is 0 Å². The lowest BCUT2D eigenvalue weighted by Crippen LogP contribution is -2.30. The number of rotatable bonds is 67. The number of aliphatic hydroxyl groups is 1. The quantitative estimate of drug-likeness (QED) is 0.0222. The minimum atomic E-state index is -4.94. The van der Waals surface area contributed by atoms with Gasteiger partial charge in [0.25, 0.3) is 0 Å². The molecule has 3 unspecified atom stereocenters. The van der Waals surface area contributed by atoms with Crippen LogP contribution in [0.2, 0.25) is 0 Å². The zero-order valence-electron chi connectivity index (χ0n) is 55.4. The van der Waals surface area contributed by atoms with Crippen LogP contribution in [0.25, 0.3) is 0 Å². The van der Waals surface area contributed by atoms with Crippen LogP contribution in [-0.2, 0) is 65.4 Å². The van der Waals surface area contributed by atoms with Gasteiger partial charge in [-0.2, -0.15) is 0 Å². The summed E-state index contributed by atoms with van der Waals surface area (Å²) in [4.78, 5) is 72.0. The Morgan fingerprint density at radius 1 is 0.326 bits per heavy atom. The van der Waals surface area contributed by atoms with Crippen molar-refractivity contribution < 1.29 is 80.2 Å². The van der Waals surface area contributed by atoms with Gasteiger partial charge in [0.15, 0.2) is 12.2 Å². The second kappa shape index (κ2) is 60.6. The van der Waals surface area contributed by atoms with E-state index in [4.69, 9.17) is 37.0 Å². The van der Waals surface area contributed by atoms with E-state index < -0.39 is 97.5 Å². The summed E-state index contributed by atoms with van der Waals surface area (Å²) in [6, 6.07) is 0. The number of unbranched alkanes of at least 4 members (excludes halogenated alkanes) is 38. The molecule has 0 saturated carbocycles. The van der Waals surface area contributed by atoms with Crippen LogP contribution in [0, 0.1) is 5.92 Å². The van der Waals surface area contributed by atoms with Crippen LogP contribution in [0.3, 0.4) is 0 Å². The van der Waals surface area contributed by atoms with E-state index in [0.717, 1.165) is 128 Å². The molecule has 0 bridgehead atoms. The molecule has 0 aliphatic heterocycles. The highest BCUT2D eigenvalue weighted by molar-refractivity contribution is 7.47. The minimum absolute atomic E-state index is 0.103. The zero-order chi connectivity index (χ0) is 63.5. The average molecular weight is 1270 g/mol. The Morgan fingerprint density at radius 2 is 0.558 bits per heavy atom. The molecule has 510 valence electrons. The molecule has 0 aliphatic rings. The Balaban J connectivity index is 5.06. The molecule has 3 N–H and O–H groups in total. The molecule has 0 aromatic carbocycles. The van der Waals surface area contributed by atoms with Crippen molar-refractivity contribution in [1.29, 1.82) is 0 Å². The fourth-order valence-corrected chi connectivity index (χ4v) is 11.7. The first-order valence-corrected chi connectivity index (χ1v) is 38.2. The van der Waals surface area contributed by atoms with E-state index >= 15 is 0 Å². The molecule has 0 aliphatic carbocycles. The van der Waals surface area contributed by atoms with Gasteiger partial charge in [0, 0.05) is 25.7 Å². The summed E-state index contributed by atoms with van der Waals surface area (Å²) in [5.74, 6) is -1.41. The van der Waals surface area contributed by atoms with Gasteiger partial charge in [-0.25, -0.2) is 9.13 Å². The number of phosphoric ester groups is 2. The average Bonchev–Trinajstić information content (AvgIpc) is 3.65. The Kier molecular flexibility index (Phi) is 59.2. The maximum atomic E-state index is 13.0. The van der Waals surface area contributed by atoms with Gasteiger partial charge in [0.1, 0.15) is 19.3 Å². The van der Waals surface area contributed by atoms with E-state index in [9.17, 15) is 43.2 Å². The lowest BCUT2D eigenvalue weighted by Gasteiger charge is -2.21. The maximum Gasteiger partial charge on any atom is 0.472 e. The third kappa shape index (κ3) is 59.7. The van der Waals surface area contributed by atoms with Gasteiger partial charge in [-0.05, 0) is 31.6 Å². The number of ether oxygens (including phenoxy) is 4. The number of hydrogen-bond acceptors (Lipinski definition) is 15. The monoisotopic (exact) mass is 1270 g/mol. The lowest BCUT2D eigenvalue weighted by atomic mass is 10.00. The molecule has 0 aromatic rings. The zero-order valence-corrected chi connectivity index (χ0v) is 57.2. The third-order valence-electron chi connectivity index (χ3n) is 15.9. The van der Waals surface area contributed by atoms with Gasteiger partial charge >= 0.3 is 39.5 Å². The SMILES string of the molecule is CCCCCCCCCCCCCCCCCCCCCCCCC(=O)O[C@H](COC(=O)CCCCCCCCC(C)CC)COP(=O)(O)OC[C@@H](O)COP(=O)(O)OC[C@@H](COC(=O)CCCCCCCCC)OC(=O)CCCCCCCCC. The van der Waals surface area contributed by atoms with E-state index in [2.05, 4.69) is 34.6 Å². The van der Waals surface area contributed by atoms with Crippen LogP contribution < -0.4 is 0 Å². The molecule has 86 heavy (non-hydrogen) atoms. The molecular weight excluding hydrogens is 1140 g/mol. The Morgan fingerprint density at radius 3 is 0.826 bits per heavy atom. The number of aliphatic hydroxyl groups excluding tert-OH is 1. The van der Waals surface area contributed by atoms with Crippen molar-refractivity contribution >= 4 is 39.5 Å². The first-order chi connectivity index (χ1) is 41.6. The largest absolute Gasteiger partial charge is 0.472 e. The molecular formula is C67H130O17P2. The Hall–Kier alpha value is -1.94. The molecule has 0 heterocycles. The van der Waals surface area contributed by atoms with E-state index in [-0.39, 0.29) is 25.7 Å². The van der Waals surface area contributed by atoms with Gasteiger partial charge in [-0.3, -0.25) is 37.3 Å². The van der Waals surface area contributed by atoms with Crippen LogP contribution in [0.4, 0.5) is 0 Å². The van der Waals surface area contributed by atoms with Crippen molar-refractivity contribution in [2.24, 2.45) is 5.92 Å². The van der Waals surface area contributed by atoms with Gasteiger partial charge in [-0.15, -0.1) is 0 Å². The summed E-state index contributed by atoms with van der Waals surface area (Å²) in [5, 5.41) is 10.5. The number of carbonyl (C=O) groups is 4. The lowest BCUT2D eigenvalue weighted by molar-refractivity contribution is -0.161. The smallest absolute Gasteiger partial charge is 0.462 e. The molecule has 0 aromatic heterocycles. The van der Waals surface area contributed by atoms with Crippen LogP contribution in [0.5, 0.6) is 0 Å². The number of esters is 4. The summed E-state index contributed by atoms with van der Waals surface area (Å²) >= 11 is 0. The van der Waals surface area contributed by atoms with Crippen LogP contribution >= 0.6 is 15.6 Å². The van der Waals surface area contributed by atoms with Crippen molar-refractivity contribution in [3.63, 3.8) is 0 Å². The molecule has 0 spiro atoms. The summed E-state index contributed by atoms with van der Waals surface area (Å²) in [6.45, 7) is 7.08. The molecule has 0 fully saturated rings. The molecule has 6 atom stereocenters. The number of phosphoric acid groups is 2. The molecule has 0 saturated heterocycles. The normalized spacial score (nSPS) is 14.5. The van der Waals surface area contributed by atoms with Crippen LogP contribution in [0.15, 0.2) is 0 Å². The third-order valence-corrected chi connectivity index (χ3v) is 17.8. The fourth-order valence-electron chi connectivity index (χ4n) is 10.1. The second-order valence-corrected chi connectivity index (χ2v) is 27.4. The first-order valence-electron chi connectivity index (χ1n) is 35.2. The topological polar surface area (TPSA) is 237 Å². The van der Waals surface area contributed by atoms with Gasteiger partial charge < -0.3 is 33.8 Å². The fraction of sp³-hybridized carbons (Fsp3) is 0.940. The van der Waals surface area contributed by atoms with Gasteiger partial charge in [0.05, 0.1) is 26.4 Å². The highest BCUT2D eigenvalue weighted by Gasteiger charge is 2.30. The van der Waals surface area contributed by atoms with Gasteiger partial charge in [-0.1, -0.05) is 291 Å². The summed E-state index contributed by atoms with van der Waals surface area (Å²) < 4.78 is 67.8. The Labute approximate surface area is 524 Å². The highest BCUT2D eigenvalue weighted by Crippen LogP contribution is 2.45. The summed E-state index contributed by atoms with van der Waals surface area (Å²) in [7, 11) is -9.88. The maximum absolute atomic E-state index is 13.0. The highest BCUT2D eigenvalue weighted by atomic mass is 31.2. The predicted molar refractivity (Wildman–Crippen MR) is 345 cm³/mol. The van der Waals surface area contributed by atoms with E-state index in [1.807, 2.05) is 0 Å². The Bertz CT molecular complexity index is 1670. The summed E-state index contributed by atoms with van der Waals surface area (Å²) in [6.07, 6.45) is 46.4. The standard InChI is InChI=1S/C67H130O17P2/c1-6-10-13-16-19-20-21-22-23-24-25-26-27-28-29-30-31-32-33-36-43-48-53-67(72)84-63(57-78-65(70)51-46-41-38-37-39-44-49-60(5)9-4)59-82-86(75,76)80-55-61(68)54-79-85(73,74)81-58-62(83-66(71)52-47-42-35-18-15-12-8-3)56-77-64(69)50-45-40-34-17-14-11-7-2/h60-63,68H,6-59H2,1-5H3,(H,73,74)(H,75,76)/t60?,61-,62+,63+/m0/s1. The predicted octanol–water partition coefficient (Wildman–Crippen LogP) is 19.0. The van der Waals surface area contributed by atoms with Crippen LogP contribution in [0.1, 0.15) is 343 Å². The molecule has 0 rings (SSSR count). The first kappa shape index (κ1) is 84.1. The number of carbonyl (C=O) groups excluding carboxylic acids is 4. The van der Waals surface area contributed by atoms with Crippen LogP contribution in [-0.4, -0.2) is 96.7 Å². The molecule has 19 heteroatoms. The minimum Gasteiger partial charge on any atom is -0.462 e. The number of hydrogen-bond donors (Lipinski definition) is 3. The van der Waals surface area contributed by atoms with E-state index in [1.165, 1.54) is 135 Å². The molecule has 0 radical (unpaired) electrons.